The van der Waals surface area contributed by atoms with Gasteiger partial charge in [0.15, 0.2) is 0 Å². The van der Waals surface area contributed by atoms with Crippen molar-refractivity contribution in [1.82, 2.24) is 14.7 Å². The summed E-state index contributed by atoms with van der Waals surface area (Å²) >= 11 is 0. The van der Waals surface area contributed by atoms with E-state index in [2.05, 4.69) is 9.97 Å². The fourth-order valence-corrected chi connectivity index (χ4v) is 1.84. The van der Waals surface area contributed by atoms with Gasteiger partial charge in [0.25, 0.3) is 0 Å². The molecule has 0 bridgehead atoms. The van der Waals surface area contributed by atoms with Gasteiger partial charge in [-0.25, -0.2) is 13.4 Å². The summed E-state index contributed by atoms with van der Waals surface area (Å²) in [7, 11) is -5.35. The summed E-state index contributed by atoms with van der Waals surface area (Å²) in [5, 5.41) is 0. The SMILES string of the molecule is CCC(NS(=O)(=O)C(F)(F)F)c1ncc[nH]1. The Kier molecular flexibility index (Phi) is 3.58. The molecule has 0 fully saturated rings. The highest BCUT2D eigenvalue weighted by Crippen LogP contribution is 2.25. The van der Waals surface area contributed by atoms with Crippen LogP contribution < -0.4 is 4.72 Å². The summed E-state index contributed by atoms with van der Waals surface area (Å²) in [6.45, 7) is 1.55. The third-order valence-corrected chi connectivity index (χ3v) is 3.06. The number of sulfonamides is 1. The molecule has 9 heteroatoms. The molecule has 92 valence electrons. The molecule has 1 heterocycles. The lowest BCUT2D eigenvalue weighted by Gasteiger charge is -2.16. The Hall–Kier alpha value is -1.09. The fourth-order valence-electron chi connectivity index (χ4n) is 1.05. The Labute approximate surface area is 90.1 Å². The lowest BCUT2D eigenvalue weighted by molar-refractivity contribution is -0.0451. The predicted octanol–water partition coefficient (Wildman–Crippen LogP) is 1.30. The van der Waals surface area contributed by atoms with Crippen LogP contribution in [-0.4, -0.2) is 23.9 Å². The van der Waals surface area contributed by atoms with E-state index in [-0.39, 0.29) is 12.2 Å². The molecular weight excluding hydrogens is 247 g/mol. The zero-order valence-corrected chi connectivity index (χ0v) is 9.06. The van der Waals surface area contributed by atoms with Crippen molar-refractivity contribution in [2.75, 3.05) is 0 Å². The van der Waals surface area contributed by atoms with Gasteiger partial charge in [-0.3, -0.25) is 0 Å². The van der Waals surface area contributed by atoms with E-state index in [1.54, 1.807) is 6.92 Å². The molecular formula is C7H10F3N3O2S. The predicted molar refractivity (Wildman–Crippen MR) is 49.7 cm³/mol. The molecule has 1 aromatic rings. The number of alkyl halides is 3. The Morgan fingerprint density at radius 2 is 2.19 bits per heavy atom. The minimum atomic E-state index is -5.35. The van der Waals surface area contributed by atoms with Gasteiger partial charge < -0.3 is 4.98 Å². The molecule has 0 amide bonds. The first-order valence-corrected chi connectivity index (χ1v) is 5.84. The minimum Gasteiger partial charge on any atom is -0.347 e. The van der Waals surface area contributed by atoms with E-state index in [1.807, 2.05) is 0 Å². The average molecular weight is 257 g/mol. The molecule has 5 nitrogen and oxygen atoms in total. The highest BCUT2D eigenvalue weighted by atomic mass is 32.2. The molecule has 0 aliphatic heterocycles. The summed E-state index contributed by atoms with van der Waals surface area (Å²) in [4.78, 5) is 6.26. The van der Waals surface area contributed by atoms with Crippen LogP contribution in [0, 0.1) is 0 Å². The molecule has 0 aromatic carbocycles. The third kappa shape index (κ3) is 2.73. The third-order valence-electron chi connectivity index (χ3n) is 1.86. The Morgan fingerprint density at radius 3 is 2.56 bits per heavy atom. The topological polar surface area (TPSA) is 74.8 Å². The van der Waals surface area contributed by atoms with Gasteiger partial charge in [-0.2, -0.15) is 17.9 Å². The smallest absolute Gasteiger partial charge is 0.347 e. The van der Waals surface area contributed by atoms with Crippen molar-refractivity contribution in [3.8, 4) is 0 Å². The number of imidazole rings is 1. The second kappa shape index (κ2) is 4.42. The van der Waals surface area contributed by atoms with Crippen LogP contribution in [-0.2, 0) is 10.0 Å². The number of H-pyrrole nitrogens is 1. The highest BCUT2D eigenvalue weighted by molar-refractivity contribution is 7.90. The molecule has 0 aliphatic carbocycles. The summed E-state index contributed by atoms with van der Waals surface area (Å²) in [6, 6.07) is -1.01. The first-order valence-electron chi connectivity index (χ1n) is 4.36. The van der Waals surface area contributed by atoms with Crippen LogP contribution in [0.3, 0.4) is 0 Å². The number of halogens is 3. The minimum absolute atomic E-state index is 0.148. The molecule has 0 radical (unpaired) electrons. The van der Waals surface area contributed by atoms with Crippen molar-refractivity contribution >= 4 is 10.0 Å². The number of nitrogens with zero attached hydrogens (tertiary/aromatic N) is 1. The maximum absolute atomic E-state index is 12.1. The number of hydrogen-bond donors (Lipinski definition) is 2. The van der Waals surface area contributed by atoms with E-state index in [1.165, 1.54) is 17.1 Å². The average Bonchev–Trinajstić information content (AvgIpc) is 2.65. The fraction of sp³-hybridized carbons (Fsp3) is 0.571. The monoisotopic (exact) mass is 257 g/mol. The van der Waals surface area contributed by atoms with Crippen LogP contribution >= 0.6 is 0 Å². The molecule has 0 saturated heterocycles. The number of aromatic nitrogens is 2. The van der Waals surface area contributed by atoms with Gasteiger partial charge in [0.05, 0.1) is 6.04 Å². The van der Waals surface area contributed by atoms with Gasteiger partial charge in [-0.15, -0.1) is 0 Å². The van der Waals surface area contributed by atoms with Crippen molar-refractivity contribution in [3.63, 3.8) is 0 Å². The standard InChI is InChI=1S/C7H10F3N3O2S/c1-2-5(6-11-3-4-12-6)13-16(14,15)7(8,9)10/h3-5,13H,2H2,1H3,(H,11,12). The maximum Gasteiger partial charge on any atom is 0.511 e. The number of rotatable bonds is 4. The van der Waals surface area contributed by atoms with Crippen molar-refractivity contribution in [1.29, 1.82) is 0 Å². The van der Waals surface area contributed by atoms with E-state index in [4.69, 9.17) is 0 Å². The second-order valence-corrected chi connectivity index (χ2v) is 4.71. The van der Waals surface area contributed by atoms with Gasteiger partial charge in [-0.1, -0.05) is 6.92 Å². The van der Waals surface area contributed by atoms with E-state index in [0.29, 0.717) is 0 Å². The molecule has 0 saturated carbocycles. The molecule has 0 aliphatic rings. The number of nitrogens with one attached hydrogen (secondary N) is 2. The van der Waals surface area contributed by atoms with Crippen LogP contribution in [0.15, 0.2) is 12.4 Å². The Balaban J connectivity index is 2.88. The molecule has 16 heavy (non-hydrogen) atoms. The molecule has 1 aromatic heterocycles. The summed E-state index contributed by atoms with van der Waals surface area (Å²) < 4.78 is 59.5. The van der Waals surface area contributed by atoms with E-state index in [0.717, 1.165) is 0 Å². The Bertz CT molecular complexity index is 426. The largest absolute Gasteiger partial charge is 0.511 e. The first-order chi connectivity index (χ1) is 7.28. The molecule has 2 N–H and O–H groups in total. The maximum atomic E-state index is 12.1. The summed E-state index contributed by atoms with van der Waals surface area (Å²) in [5.41, 5.74) is -5.31. The molecule has 1 unspecified atom stereocenters. The first kappa shape index (κ1) is 13.0. The second-order valence-electron chi connectivity index (χ2n) is 3.00. The van der Waals surface area contributed by atoms with Gasteiger partial charge in [0, 0.05) is 12.4 Å². The van der Waals surface area contributed by atoms with Gasteiger partial charge in [-0.05, 0) is 6.42 Å². The van der Waals surface area contributed by atoms with Crippen molar-refractivity contribution in [2.24, 2.45) is 0 Å². The lowest BCUT2D eigenvalue weighted by Crippen LogP contribution is -2.38. The zero-order chi connectivity index (χ0) is 12.4. The lowest BCUT2D eigenvalue weighted by atomic mass is 10.2. The Morgan fingerprint density at radius 1 is 1.56 bits per heavy atom. The quantitative estimate of drug-likeness (QED) is 0.853. The van der Waals surface area contributed by atoms with E-state index in [9.17, 15) is 21.6 Å². The van der Waals surface area contributed by atoms with Gasteiger partial charge in [0.2, 0.25) is 0 Å². The van der Waals surface area contributed by atoms with Crippen molar-refractivity contribution in [2.45, 2.75) is 24.9 Å². The van der Waals surface area contributed by atoms with Gasteiger partial charge >= 0.3 is 15.5 Å². The molecule has 1 rings (SSSR count). The zero-order valence-electron chi connectivity index (χ0n) is 8.25. The van der Waals surface area contributed by atoms with Crippen LogP contribution in [0.2, 0.25) is 0 Å². The van der Waals surface area contributed by atoms with E-state index >= 15 is 0 Å². The van der Waals surface area contributed by atoms with Gasteiger partial charge in [0.1, 0.15) is 5.82 Å². The van der Waals surface area contributed by atoms with Crippen LogP contribution in [0.4, 0.5) is 13.2 Å². The number of hydrogen-bond acceptors (Lipinski definition) is 3. The van der Waals surface area contributed by atoms with Crippen molar-refractivity contribution in [3.05, 3.63) is 18.2 Å². The number of aromatic amines is 1. The van der Waals surface area contributed by atoms with E-state index < -0.39 is 21.6 Å². The molecule has 1 atom stereocenters. The van der Waals surface area contributed by atoms with Crippen LogP contribution in [0.25, 0.3) is 0 Å². The van der Waals surface area contributed by atoms with Crippen molar-refractivity contribution < 1.29 is 21.6 Å². The van der Waals surface area contributed by atoms with Crippen LogP contribution in [0.1, 0.15) is 25.2 Å². The molecule has 0 spiro atoms. The van der Waals surface area contributed by atoms with Crippen LogP contribution in [0.5, 0.6) is 0 Å². The highest BCUT2D eigenvalue weighted by Gasteiger charge is 2.46. The normalized spacial score (nSPS) is 15.0. The summed E-state index contributed by atoms with van der Waals surface area (Å²) in [6.07, 6.45) is 2.89. The summed E-state index contributed by atoms with van der Waals surface area (Å²) in [5.74, 6) is 0.148.